The van der Waals surface area contributed by atoms with Crippen LogP contribution >= 0.6 is 11.3 Å². The van der Waals surface area contributed by atoms with E-state index in [9.17, 15) is 5.26 Å². The van der Waals surface area contributed by atoms with Crippen molar-refractivity contribution in [3.63, 3.8) is 0 Å². The molecule has 0 amide bonds. The molecule has 3 nitrogen and oxygen atoms in total. The normalized spacial score (nSPS) is 16.4. The average molecular weight is 265 g/mol. The molecule has 1 aliphatic carbocycles. The highest BCUT2D eigenvalue weighted by Gasteiger charge is 2.44. The van der Waals surface area contributed by atoms with Crippen molar-refractivity contribution < 1.29 is 0 Å². The van der Waals surface area contributed by atoms with Gasteiger partial charge in [-0.2, -0.15) is 5.26 Å². The van der Waals surface area contributed by atoms with Crippen LogP contribution in [0.5, 0.6) is 0 Å². The van der Waals surface area contributed by atoms with Crippen molar-refractivity contribution in [3.8, 4) is 16.8 Å². The SMILES string of the molecule is N#CC1(c2ccc3nc(-c4cccs4)[nH]c3c2)CC1. The number of hydrogen-bond acceptors (Lipinski definition) is 3. The Labute approximate surface area is 114 Å². The van der Waals surface area contributed by atoms with Crippen molar-refractivity contribution in [3.05, 3.63) is 41.3 Å². The Kier molecular flexibility index (Phi) is 2.09. The lowest BCUT2D eigenvalue weighted by Crippen LogP contribution is -2.01. The zero-order valence-corrected chi connectivity index (χ0v) is 11.0. The highest BCUT2D eigenvalue weighted by molar-refractivity contribution is 7.13. The van der Waals surface area contributed by atoms with E-state index in [1.807, 2.05) is 23.6 Å². The Morgan fingerprint density at radius 1 is 1.32 bits per heavy atom. The molecule has 0 saturated heterocycles. The summed E-state index contributed by atoms with van der Waals surface area (Å²) in [6.45, 7) is 0. The Morgan fingerprint density at radius 2 is 2.21 bits per heavy atom. The quantitative estimate of drug-likeness (QED) is 0.765. The van der Waals surface area contributed by atoms with Gasteiger partial charge >= 0.3 is 0 Å². The van der Waals surface area contributed by atoms with Crippen LogP contribution in [0.25, 0.3) is 21.7 Å². The Bertz CT molecular complexity index is 789. The summed E-state index contributed by atoms with van der Waals surface area (Å²) in [4.78, 5) is 9.09. The zero-order valence-electron chi connectivity index (χ0n) is 10.2. The minimum atomic E-state index is -0.234. The number of nitrogens with zero attached hydrogens (tertiary/aromatic N) is 2. The van der Waals surface area contributed by atoms with Crippen LogP contribution in [0.4, 0.5) is 0 Å². The number of imidazole rings is 1. The smallest absolute Gasteiger partial charge is 0.148 e. The van der Waals surface area contributed by atoms with Gasteiger partial charge in [-0.3, -0.25) is 0 Å². The molecule has 1 saturated carbocycles. The van der Waals surface area contributed by atoms with Gasteiger partial charge in [-0.05, 0) is 42.0 Å². The van der Waals surface area contributed by atoms with Crippen LogP contribution in [-0.2, 0) is 5.41 Å². The standard InChI is InChI=1S/C15H11N3S/c16-9-15(5-6-15)10-3-4-11-12(8-10)18-14(17-11)13-2-1-7-19-13/h1-4,7-8H,5-6H2,(H,17,18). The number of hydrogen-bond donors (Lipinski definition) is 1. The average Bonchev–Trinajstić information content (AvgIpc) is 2.89. The lowest BCUT2D eigenvalue weighted by molar-refractivity contribution is 0.910. The third kappa shape index (κ3) is 1.59. The number of rotatable bonds is 2. The Morgan fingerprint density at radius 3 is 2.89 bits per heavy atom. The summed E-state index contributed by atoms with van der Waals surface area (Å²) in [7, 11) is 0. The maximum Gasteiger partial charge on any atom is 0.148 e. The summed E-state index contributed by atoms with van der Waals surface area (Å²) in [5.74, 6) is 0.906. The molecular formula is C15H11N3S. The number of benzene rings is 1. The fourth-order valence-electron chi connectivity index (χ4n) is 2.43. The summed E-state index contributed by atoms with van der Waals surface area (Å²) < 4.78 is 0. The van der Waals surface area contributed by atoms with E-state index in [0.29, 0.717) is 0 Å². The Hall–Kier alpha value is -2.12. The lowest BCUT2D eigenvalue weighted by atomic mass is 9.97. The number of nitrogens with one attached hydrogen (secondary N) is 1. The van der Waals surface area contributed by atoms with Gasteiger partial charge in [0.25, 0.3) is 0 Å². The van der Waals surface area contributed by atoms with E-state index in [0.717, 1.165) is 40.1 Å². The number of thiophene rings is 1. The second kappa shape index (κ2) is 3.69. The molecular weight excluding hydrogens is 254 g/mol. The fraction of sp³-hybridized carbons (Fsp3) is 0.200. The van der Waals surface area contributed by atoms with Gasteiger partial charge in [-0.1, -0.05) is 12.1 Å². The van der Waals surface area contributed by atoms with Gasteiger partial charge in [0.05, 0.1) is 27.4 Å². The molecule has 1 aliphatic rings. The molecule has 1 aromatic carbocycles. The second-order valence-electron chi connectivity index (χ2n) is 4.99. The van der Waals surface area contributed by atoms with Crippen LogP contribution in [0.2, 0.25) is 0 Å². The minimum Gasteiger partial charge on any atom is -0.337 e. The number of nitriles is 1. The highest BCUT2D eigenvalue weighted by Crippen LogP contribution is 2.48. The van der Waals surface area contributed by atoms with Crippen molar-refractivity contribution in [1.82, 2.24) is 9.97 Å². The van der Waals surface area contributed by atoms with Crippen LogP contribution in [0, 0.1) is 11.3 Å². The predicted molar refractivity (Wildman–Crippen MR) is 75.9 cm³/mol. The molecule has 92 valence electrons. The largest absolute Gasteiger partial charge is 0.337 e. The molecule has 0 radical (unpaired) electrons. The molecule has 0 atom stereocenters. The van der Waals surface area contributed by atoms with Crippen LogP contribution in [0.3, 0.4) is 0 Å². The molecule has 3 aromatic rings. The maximum absolute atomic E-state index is 9.26. The maximum atomic E-state index is 9.26. The summed E-state index contributed by atoms with van der Waals surface area (Å²) >= 11 is 1.67. The van der Waals surface area contributed by atoms with E-state index >= 15 is 0 Å². The van der Waals surface area contributed by atoms with Gasteiger partial charge in [-0.15, -0.1) is 11.3 Å². The summed E-state index contributed by atoms with van der Waals surface area (Å²) in [6, 6.07) is 12.6. The van der Waals surface area contributed by atoms with Crippen molar-refractivity contribution in [2.45, 2.75) is 18.3 Å². The van der Waals surface area contributed by atoms with Gasteiger partial charge in [0, 0.05) is 0 Å². The first-order chi connectivity index (χ1) is 9.31. The van der Waals surface area contributed by atoms with E-state index in [2.05, 4.69) is 28.2 Å². The number of H-pyrrole nitrogens is 1. The molecule has 0 spiro atoms. The monoisotopic (exact) mass is 265 g/mol. The van der Waals surface area contributed by atoms with Crippen molar-refractivity contribution in [1.29, 1.82) is 5.26 Å². The summed E-state index contributed by atoms with van der Waals surface area (Å²) in [6.07, 6.45) is 1.95. The van der Waals surface area contributed by atoms with E-state index < -0.39 is 0 Å². The number of aromatic nitrogens is 2. The number of fused-ring (bicyclic) bond motifs is 1. The molecule has 0 unspecified atom stereocenters. The lowest BCUT2D eigenvalue weighted by Gasteiger charge is -2.04. The molecule has 0 bridgehead atoms. The van der Waals surface area contributed by atoms with Gasteiger partial charge in [0.2, 0.25) is 0 Å². The first-order valence-electron chi connectivity index (χ1n) is 6.26. The Balaban J connectivity index is 1.85. The van der Waals surface area contributed by atoms with Crippen LogP contribution < -0.4 is 0 Å². The van der Waals surface area contributed by atoms with Gasteiger partial charge in [0.15, 0.2) is 0 Å². The van der Waals surface area contributed by atoms with Crippen LogP contribution in [0.15, 0.2) is 35.7 Å². The molecule has 19 heavy (non-hydrogen) atoms. The molecule has 2 aromatic heterocycles. The highest BCUT2D eigenvalue weighted by atomic mass is 32.1. The third-order valence-corrected chi connectivity index (χ3v) is 4.63. The molecule has 1 N–H and O–H groups in total. The van der Waals surface area contributed by atoms with Gasteiger partial charge in [-0.25, -0.2) is 4.98 Å². The first-order valence-corrected chi connectivity index (χ1v) is 7.14. The predicted octanol–water partition coefficient (Wildman–Crippen LogP) is 3.85. The fourth-order valence-corrected chi connectivity index (χ4v) is 3.10. The summed E-state index contributed by atoms with van der Waals surface area (Å²) in [5.41, 5.74) is 2.86. The second-order valence-corrected chi connectivity index (χ2v) is 5.94. The molecule has 2 heterocycles. The zero-order chi connectivity index (χ0) is 12.9. The van der Waals surface area contributed by atoms with Gasteiger partial charge < -0.3 is 4.98 Å². The first kappa shape index (κ1) is 10.8. The van der Waals surface area contributed by atoms with Crippen molar-refractivity contribution in [2.75, 3.05) is 0 Å². The van der Waals surface area contributed by atoms with E-state index in [4.69, 9.17) is 0 Å². The van der Waals surface area contributed by atoms with Gasteiger partial charge in [0.1, 0.15) is 5.82 Å². The van der Waals surface area contributed by atoms with Crippen molar-refractivity contribution >= 4 is 22.4 Å². The van der Waals surface area contributed by atoms with E-state index in [1.165, 1.54) is 0 Å². The molecule has 4 heteroatoms. The molecule has 1 fully saturated rings. The van der Waals surface area contributed by atoms with Crippen molar-refractivity contribution in [2.24, 2.45) is 0 Å². The number of aromatic amines is 1. The van der Waals surface area contributed by atoms with Crippen LogP contribution in [0.1, 0.15) is 18.4 Å². The topological polar surface area (TPSA) is 52.5 Å². The summed E-state index contributed by atoms with van der Waals surface area (Å²) in [5, 5.41) is 11.3. The molecule has 4 rings (SSSR count). The third-order valence-electron chi connectivity index (χ3n) is 3.75. The van der Waals surface area contributed by atoms with E-state index in [-0.39, 0.29) is 5.41 Å². The van der Waals surface area contributed by atoms with E-state index in [1.54, 1.807) is 11.3 Å². The van der Waals surface area contributed by atoms with Crippen LogP contribution in [-0.4, -0.2) is 9.97 Å². The minimum absolute atomic E-state index is 0.234. The molecule has 0 aliphatic heterocycles.